The van der Waals surface area contributed by atoms with Gasteiger partial charge in [0.2, 0.25) is 0 Å². The lowest BCUT2D eigenvalue weighted by Gasteiger charge is -2.04. The molecule has 0 radical (unpaired) electrons. The fraction of sp³-hybridized carbons (Fsp3) is 0. The number of benzene rings is 2. The first-order valence-electron chi connectivity index (χ1n) is 5.60. The van der Waals surface area contributed by atoms with Gasteiger partial charge >= 0.3 is 0 Å². The Morgan fingerprint density at radius 2 is 1.95 bits per heavy atom. The molecule has 0 atom stereocenters. The van der Waals surface area contributed by atoms with Crippen LogP contribution in [-0.4, -0.2) is 4.98 Å². The second kappa shape index (κ2) is 4.75. The van der Waals surface area contributed by atoms with Crippen LogP contribution in [0.4, 0.5) is 26.2 Å². The molecule has 102 valence electrons. The number of halogens is 3. The van der Waals surface area contributed by atoms with Gasteiger partial charge in [-0.05, 0) is 40.2 Å². The highest BCUT2D eigenvalue weighted by molar-refractivity contribution is 9.10. The standard InChI is InChI=1S/C13H8BrF2N3O/c14-7-4-9(16)10(5-8(7)15)18-13-19-11-3-6(17)1-2-12(11)20-13/h1-5H,17H2,(H,18,19). The van der Waals surface area contributed by atoms with Gasteiger partial charge in [-0.25, -0.2) is 8.78 Å². The van der Waals surface area contributed by atoms with Gasteiger partial charge in [-0.3, -0.25) is 0 Å². The van der Waals surface area contributed by atoms with Crippen molar-refractivity contribution in [2.24, 2.45) is 0 Å². The van der Waals surface area contributed by atoms with Crippen LogP contribution in [0.15, 0.2) is 39.2 Å². The molecule has 3 rings (SSSR count). The second-order valence-corrected chi connectivity index (χ2v) is 4.97. The predicted molar refractivity (Wildman–Crippen MR) is 75.8 cm³/mol. The molecule has 3 aromatic rings. The molecular weight excluding hydrogens is 332 g/mol. The largest absolute Gasteiger partial charge is 0.423 e. The number of oxazole rings is 1. The minimum atomic E-state index is -0.625. The molecule has 0 amide bonds. The van der Waals surface area contributed by atoms with E-state index in [-0.39, 0.29) is 16.2 Å². The summed E-state index contributed by atoms with van der Waals surface area (Å²) in [6.45, 7) is 0. The Labute approximate surface area is 120 Å². The number of anilines is 3. The van der Waals surface area contributed by atoms with Crippen molar-refractivity contribution >= 4 is 44.4 Å². The number of nitrogens with two attached hydrogens (primary N) is 1. The van der Waals surface area contributed by atoms with E-state index in [9.17, 15) is 8.78 Å². The van der Waals surface area contributed by atoms with Crippen LogP contribution in [0.5, 0.6) is 0 Å². The van der Waals surface area contributed by atoms with E-state index < -0.39 is 11.6 Å². The molecule has 0 aliphatic rings. The Morgan fingerprint density at radius 3 is 2.75 bits per heavy atom. The van der Waals surface area contributed by atoms with E-state index in [2.05, 4.69) is 26.2 Å². The summed E-state index contributed by atoms with van der Waals surface area (Å²) in [6.07, 6.45) is 0. The maximum atomic E-state index is 13.7. The Bertz CT molecular complexity index is 804. The third-order valence-electron chi connectivity index (χ3n) is 2.66. The molecule has 1 aromatic heterocycles. The smallest absolute Gasteiger partial charge is 0.300 e. The lowest BCUT2D eigenvalue weighted by Crippen LogP contribution is -1.95. The summed E-state index contributed by atoms with van der Waals surface area (Å²) in [4.78, 5) is 4.10. The summed E-state index contributed by atoms with van der Waals surface area (Å²) >= 11 is 2.91. The van der Waals surface area contributed by atoms with Crippen LogP contribution in [0, 0.1) is 11.6 Å². The van der Waals surface area contributed by atoms with Crippen LogP contribution >= 0.6 is 15.9 Å². The summed E-state index contributed by atoms with van der Waals surface area (Å²) in [5.74, 6) is -1.21. The number of aromatic nitrogens is 1. The molecule has 0 spiro atoms. The van der Waals surface area contributed by atoms with E-state index >= 15 is 0 Å². The molecule has 0 aliphatic carbocycles. The van der Waals surface area contributed by atoms with Crippen molar-refractivity contribution in [3.63, 3.8) is 0 Å². The number of hydrogen-bond donors (Lipinski definition) is 2. The first-order valence-corrected chi connectivity index (χ1v) is 6.40. The monoisotopic (exact) mass is 339 g/mol. The van der Waals surface area contributed by atoms with E-state index in [4.69, 9.17) is 10.2 Å². The predicted octanol–water partition coefficient (Wildman–Crippen LogP) is 4.19. The van der Waals surface area contributed by atoms with Crippen LogP contribution in [0.3, 0.4) is 0 Å². The quantitative estimate of drug-likeness (QED) is 0.542. The summed E-state index contributed by atoms with van der Waals surface area (Å²) in [5.41, 5.74) is 7.14. The molecule has 0 saturated heterocycles. The fourth-order valence-electron chi connectivity index (χ4n) is 1.73. The molecule has 0 aliphatic heterocycles. The van der Waals surface area contributed by atoms with Crippen molar-refractivity contribution in [2.75, 3.05) is 11.1 Å². The van der Waals surface area contributed by atoms with Crippen molar-refractivity contribution in [1.82, 2.24) is 4.98 Å². The Balaban J connectivity index is 1.99. The normalized spacial score (nSPS) is 10.9. The summed E-state index contributed by atoms with van der Waals surface area (Å²) < 4.78 is 32.5. The van der Waals surface area contributed by atoms with Gasteiger partial charge in [0.05, 0.1) is 10.2 Å². The van der Waals surface area contributed by atoms with Crippen molar-refractivity contribution < 1.29 is 13.2 Å². The van der Waals surface area contributed by atoms with Crippen LogP contribution in [0.25, 0.3) is 11.1 Å². The first-order chi connectivity index (χ1) is 9.52. The van der Waals surface area contributed by atoms with Gasteiger partial charge in [0.15, 0.2) is 5.58 Å². The number of rotatable bonds is 2. The molecule has 7 heteroatoms. The maximum Gasteiger partial charge on any atom is 0.300 e. The van der Waals surface area contributed by atoms with E-state index in [1.54, 1.807) is 18.2 Å². The summed E-state index contributed by atoms with van der Waals surface area (Å²) in [6, 6.07) is 7.05. The molecule has 0 saturated carbocycles. The first kappa shape index (κ1) is 12.9. The highest BCUT2D eigenvalue weighted by Crippen LogP contribution is 2.28. The van der Waals surface area contributed by atoms with E-state index in [0.717, 1.165) is 12.1 Å². The van der Waals surface area contributed by atoms with Crippen molar-refractivity contribution in [3.8, 4) is 0 Å². The van der Waals surface area contributed by atoms with Gasteiger partial charge in [-0.1, -0.05) is 0 Å². The van der Waals surface area contributed by atoms with Gasteiger partial charge in [-0.2, -0.15) is 4.98 Å². The highest BCUT2D eigenvalue weighted by Gasteiger charge is 2.12. The minimum absolute atomic E-state index is 0.0471. The molecule has 4 nitrogen and oxygen atoms in total. The number of nitrogens with one attached hydrogen (secondary N) is 1. The molecule has 0 unspecified atom stereocenters. The van der Waals surface area contributed by atoms with E-state index in [0.29, 0.717) is 16.8 Å². The third-order valence-corrected chi connectivity index (χ3v) is 3.27. The van der Waals surface area contributed by atoms with Gasteiger partial charge in [0.1, 0.15) is 17.2 Å². The maximum absolute atomic E-state index is 13.7. The van der Waals surface area contributed by atoms with Crippen LogP contribution < -0.4 is 11.1 Å². The molecule has 0 bridgehead atoms. The zero-order valence-electron chi connectivity index (χ0n) is 9.95. The van der Waals surface area contributed by atoms with Gasteiger partial charge in [0, 0.05) is 11.8 Å². The van der Waals surface area contributed by atoms with Crippen LogP contribution in [-0.2, 0) is 0 Å². The minimum Gasteiger partial charge on any atom is -0.423 e. The number of fused-ring (bicyclic) bond motifs is 1. The number of nitrogens with zero attached hydrogens (tertiary/aromatic N) is 1. The Morgan fingerprint density at radius 1 is 1.15 bits per heavy atom. The average Bonchev–Trinajstić information content (AvgIpc) is 2.77. The summed E-state index contributed by atoms with van der Waals surface area (Å²) in [7, 11) is 0. The lowest BCUT2D eigenvalue weighted by atomic mass is 10.3. The molecule has 1 heterocycles. The molecule has 2 aromatic carbocycles. The fourth-order valence-corrected chi connectivity index (χ4v) is 2.05. The highest BCUT2D eigenvalue weighted by atomic mass is 79.9. The van der Waals surface area contributed by atoms with Crippen molar-refractivity contribution in [2.45, 2.75) is 0 Å². The van der Waals surface area contributed by atoms with E-state index in [1.807, 2.05) is 0 Å². The topological polar surface area (TPSA) is 64.1 Å². The lowest BCUT2D eigenvalue weighted by molar-refractivity contribution is 0.592. The molecule has 3 N–H and O–H groups in total. The van der Waals surface area contributed by atoms with Crippen LogP contribution in [0.2, 0.25) is 0 Å². The Kier molecular flexibility index (Phi) is 3.06. The Hall–Kier alpha value is -2.15. The SMILES string of the molecule is Nc1ccc2oc(Nc3cc(F)c(Br)cc3F)nc2c1. The molecular formula is C13H8BrF2N3O. The summed E-state index contributed by atoms with van der Waals surface area (Å²) in [5, 5.41) is 2.59. The van der Waals surface area contributed by atoms with Crippen LogP contribution in [0.1, 0.15) is 0 Å². The van der Waals surface area contributed by atoms with Gasteiger partial charge in [-0.15, -0.1) is 0 Å². The van der Waals surface area contributed by atoms with Gasteiger partial charge < -0.3 is 15.5 Å². The average molecular weight is 340 g/mol. The molecule has 20 heavy (non-hydrogen) atoms. The van der Waals surface area contributed by atoms with Crippen molar-refractivity contribution in [3.05, 3.63) is 46.4 Å². The van der Waals surface area contributed by atoms with Gasteiger partial charge in [0.25, 0.3) is 6.01 Å². The van der Waals surface area contributed by atoms with E-state index in [1.165, 1.54) is 0 Å². The second-order valence-electron chi connectivity index (χ2n) is 4.12. The number of hydrogen-bond acceptors (Lipinski definition) is 4. The zero-order chi connectivity index (χ0) is 14.3. The van der Waals surface area contributed by atoms with Crippen molar-refractivity contribution in [1.29, 1.82) is 0 Å². The third kappa shape index (κ3) is 2.32. The zero-order valence-corrected chi connectivity index (χ0v) is 11.5. The molecule has 0 fully saturated rings. The number of nitrogen functional groups attached to an aromatic ring is 1.